The summed E-state index contributed by atoms with van der Waals surface area (Å²) in [6, 6.07) is 0. The van der Waals surface area contributed by atoms with E-state index in [1.165, 1.54) is 0 Å². The van der Waals surface area contributed by atoms with Gasteiger partial charge in [-0.25, -0.2) is 4.79 Å². The Hall–Kier alpha value is -2.31. The number of amides is 1. The van der Waals surface area contributed by atoms with E-state index in [4.69, 9.17) is 5.11 Å². The molecular weight excluding hydrogens is 272 g/mol. The van der Waals surface area contributed by atoms with E-state index in [2.05, 4.69) is 5.10 Å². The van der Waals surface area contributed by atoms with Gasteiger partial charge in [-0.1, -0.05) is 0 Å². The highest BCUT2D eigenvalue weighted by atomic mass is 16.4. The molecular formula is C14H20N4O3. The van der Waals surface area contributed by atoms with Crippen molar-refractivity contribution in [2.45, 2.75) is 13.3 Å². The maximum atomic E-state index is 12.0. The Morgan fingerprint density at radius 3 is 2.71 bits per heavy atom. The maximum absolute atomic E-state index is 12.0. The van der Waals surface area contributed by atoms with Gasteiger partial charge in [-0.05, 0) is 19.4 Å². The average Bonchev–Trinajstić information content (AvgIpc) is 2.57. The number of anilines is 1. The standard InChI is InChI=1S/C14H20N4O3/c1-10-11(5-6-13(20)21)14(17(3)15-10)18-8-4-7-16(2)12(19)9-18/h5-6H,4,7-9H2,1-3H3,(H,20,21)/b6-5+. The molecule has 7 heteroatoms. The molecule has 0 atom stereocenters. The van der Waals surface area contributed by atoms with E-state index in [0.717, 1.165) is 42.7 Å². The molecule has 2 heterocycles. The summed E-state index contributed by atoms with van der Waals surface area (Å²) in [4.78, 5) is 26.5. The monoisotopic (exact) mass is 292 g/mol. The highest BCUT2D eigenvalue weighted by Crippen LogP contribution is 2.25. The van der Waals surface area contributed by atoms with Gasteiger partial charge in [0.15, 0.2) is 0 Å². The number of hydrogen-bond donors (Lipinski definition) is 1. The highest BCUT2D eigenvalue weighted by Gasteiger charge is 2.24. The van der Waals surface area contributed by atoms with Crippen LogP contribution in [0.1, 0.15) is 17.7 Å². The van der Waals surface area contributed by atoms with Gasteiger partial charge in [-0.2, -0.15) is 5.10 Å². The van der Waals surface area contributed by atoms with E-state index >= 15 is 0 Å². The summed E-state index contributed by atoms with van der Waals surface area (Å²) in [5.74, 6) is -0.163. The van der Waals surface area contributed by atoms with E-state index in [-0.39, 0.29) is 12.5 Å². The zero-order chi connectivity index (χ0) is 15.6. The van der Waals surface area contributed by atoms with E-state index < -0.39 is 5.97 Å². The van der Waals surface area contributed by atoms with Gasteiger partial charge in [-0.3, -0.25) is 9.48 Å². The second kappa shape index (κ2) is 5.99. The number of aliphatic carboxylic acids is 1. The fourth-order valence-electron chi connectivity index (χ4n) is 2.55. The van der Waals surface area contributed by atoms with Crippen LogP contribution in [0.25, 0.3) is 6.08 Å². The lowest BCUT2D eigenvalue weighted by Gasteiger charge is -2.22. The molecule has 0 bridgehead atoms. The summed E-state index contributed by atoms with van der Waals surface area (Å²) in [6.45, 7) is 3.58. The van der Waals surface area contributed by atoms with E-state index in [9.17, 15) is 9.59 Å². The molecule has 1 amide bonds. The highest BCUT2D eigenvalue weighted by molar-refractivity contribution is 5.88. The number of likely N-dealkylation sites (N-methyl/N-ethyl adjacent to an activating group) is 1. The van der Waals surface area contributed by atoms with Gasteiger partial charge in [0, 0.05) is 38.8 Å². The predicted octanol–water partition coefficient (Wildman–Crippen LogP) is 0.495. The number of carboxylic acids is 1. The first-order chi connectivity index (χ1) is 9.90. The summed E-state index contributed by atoms with van der Waals surface area (Å²) < 4.78 is 1.70. The largest absolute Gasteiger partial charge is 0.478 e. The third-order valence-electron chi connectivity index (χ3n) is 3.60. The number of hydrogen-bond acceptors (Lipinski definition) is 4. The molecule has 21 heavy (non-hydrogen) atoms. The number of nitrogens with zero attached hydrogens (tertiary/aromatic N) is 4. The fraction of sp³-hybridized carbons (Fsp3) is 0.500. The summed E-state index contributed by atoms with van der Waals surface area (Å²) in [5.41, 5.74) is 1.49. The number of carbonyl (C=O) groups is 2. The van der Waals surface area contributed by atoms with Gasteiger partial charge >= 0.3 is 5.97 Å². The molecule has 1 saturated heterocycles. The van der Waals surface area contributed by atoms with Gasteiger partial charge in [0.1, 0.15) is 5.82 Å². The average molecular weight is 292 g/mol. The molecule has 0 spiro atoms. The van der Waals surface area contributed by atoms with Crippen molar-refractivity contribution in [3.63, 3.8) is 0 Å². The number of aromatic nitrogens is 2. The van der Waals surface area contributed by atoms with Gasteiger partial charge in [-0.15, -0.1) is 0 Å². The molecule has 1 aromatic rings. The van der Waals surface area contributed by atoms with Crippen LogP contribution in [0.5, 0.6) is 0 Å². The zero-order valence-electron chi connectivity index (χ0n) is 12.5. The molecule has 1 aromatic heterocycles. The topological polar surface area (TPSA) is 78.7 Å². The molecule has 1 aliphatic rings. The van der Waals surface area contributed by atoms with E-state index in [0.29, 0.717) is 0 Å². The molecule has 0 aromatic carbocycles. The number of aryl methyl sites for hydroxylation is 2. The van der Waals surface area contributed by atoms with E-state index in [1.54, 1.807) is 29.8 Å². The molecule has 0 unspecified atom stereocenters. The maximum Gasteiger partial charge on any atom is 0.328 e. The number of rotatable bonds is 3. The number of carbonyl (C=O) groups excluding carboxylic acids is 1. The van der Waals surface area contributed by atoms with Crippen molar-refractivity contribution >= 4 is 23.8 Å². The lowest BCUT2D eigenvalue weighted by Crippen LogP contribution is -2.35. The van der Waals surface area contributed by atoms with Crippen LogP contribution in [0.3, 0.4) is 0 Å². The molecule has 114 valence electrons. The van der Waals surface area contributed by atoms with Crippen LogP contribution < -0.4 is 4.90 Å². The van der Waals surface area contributed by atoms with Crippen molar-refractivity contribution in [2.24, 2.45) is 7.05 Å². The smallest absolute Gasteiger partial charge is 0.328 e. The van der Waals surface area contributed by atoms with Crippen LogP contribution in [0.2, 0.25) is 0 Å². The predicted molar refractivity (Wildman–Crippen MR) is 79.1 cm³/mol. The molecule has 1 aliphatic heterocycles. The van der Waals surface area contributed by atoms with Crippen LogP contribution >= 0.6 is 0 Å². The third kappa shape index (κ3) is 3.24. The second-order valence-corrected chi connectivity index (χ2v) is 5.21. The minimum Gasteiger partial charge on any atom is -0.478 e. The Morgan fingerprint density at radius 2 is 2.05 bits per heavy atom. The van der Waals surface area contributed by atoms with Crippen LogP contribution in [0, 0.1) is 6.92 Å². The molecule has 2 rings (SSSR count). The SMILES string of the molecule is Cc1nn(C)c(N2CCCN(C)C(=O)C2)c1/C=C/C(=O)O. The minimum atomic E-state index is -1.00. The first-order valence-corrected chi connectivity index (χ1v) is 6.83. The van der Waals surface area contributed by atoms with Crippen LogP contribution in [0.15, 0.2) is 6.08 Å². The molecule has 1 fully saturated rings. The second-order valence-electron chi connectivity index (χ2n) is 5.21. The Morgan fingerprint density at radius 1 is 1.33 bits per heavy atom. The quantitative estimate of drug-likeness (QED) is 0.821. The van der Waals surface area contributed by atoms with Crippen molar-refractivity contribution in [2.75, 3.05) is 31.6 Å². The summed E-state index contributed by atoms with van der Waals surface area (Å²) in [5, 5.41) is 13.2. The summed E-state index contributed by atoms with van der Waals surface area (Å²) in [6.07, 6.45) is 3.51. The van der Waals surface area contributed by atoms with Crippen LogP contribution in [-0.4, -0.2) is 58.3 Å². The van der Waals surface area contributed by atoms with Gasteiger partial charge in [0.2, 0.25) is 5.91 Å². The normalized spacial score (nSPS) is 16.6. The van der Waals surface area contributed by atoms with Gasteiger partial charge in [0.25, 0.3) is 0 Å². The Bertz CT molecular complexity index is 591. The zero-order valence-corrected chi connectivity index (χ0v) is 12.5. The van der Waals surface area contributed by atoms with Crippen LogP contribution in [0.4, 0.5) is 5.82 Å². The molecule has 0 saturated carbocycles. The van der Waals surface area contributed by atoms with E-state index in [1.807, 2.05) is 11.8 Å². The first kappa shape index (κ1) is 15.1. The molecule has 7 nitrogen and oxygen atoms in total. The van der Waals surface area contributed by atoms with Crippen molar-refractivity contribution in [3.05, 3.63) is 17.3 Å². The van der Waals surface area contributed by atoms with Crippen molar-refractivity contribution in [1.82, 2.24) is 14.7 Å². The minimum absolute atomic E-state index is 0.0551. The first-order valence-electron chi connectivity index (χ1n) is 6.83. The Balaban J connectivity index is 2.38. The fourth-order valence-corrected chi connectivity index (χ4v) is 2.55. The van der Waals surface area contributed by atoms with Crippen molar-refractivity contribution < 1.29 is 14.7 Å². The van der Waals surface area contributed by atoms with Gasteiger partial charge < -0.3 is 14.9 Å². The van der Waals surface area contributed by atoms with Crippen LogP contribution in [-0.2, 0) is 16.6 Å². The lowest BCUT2D eigenvalue weighted by atomic mass is 10.2. The summed E-state index contributed by atoms with van der Waals surface area (Å²) in [7, 11) is 3.60. The number of carboxylic acid groups (broad SMARTS) is 1. The third-order valence-corrected chi connectivity index (χ3v) is 3.60. The summed E-state index contributed by atoms with van der Waals surface area (Å²) >= 11 is 0. The molecule has 1 N–H and O–H groups in total. The van der Waals surface area contributed by atoms with Crippen molar-refractivity contribution in [1.29, 1.82) is 0 Å². The molecule has 0 aliphatic carbocycles. The van der Waals surface area contributed by atoms with Crippen molar-refractivity contribution in [3.8, 4) is 0 Å². The van der Waals surface area contributed by atoms with Gasteiger partial charge in [0.05, 0.1) is 12.2 Å². The molecule has 0 radical (unpaired) electrons. The lowest BCUT2D eigenvalue weighted by molar-refractivity contribution is -0.131. The Kier molecular flexibility index (Phi) is 4.30. The Labute approximate surface area is 123 Å².